The van der Waals surface area contributed by atoms with Crippen LogP contribution in [0.4, 0.5) is 0 Å². The van der Waals surface area contributed by atoms with Crippen molar-refractivity contribution in [3.63, 3.8) is 0 Å². The summed E-state index contributed by atoms with van der Waals surface area (Å²) >= 11 is 0. The molecule has 1 heterocycles. The molecule has 3 atom stereocenters. The van der Waals surface area contributed by atoms with Gasteiger partial charge in [-0.1, -0.05) is 6.92 Å². The second kappa shape index (κ2) is 5.13. The molecule has 1 rings (SSSR count). The number of carbonyl (C=O) groups is 1. The minimum atomic E-state index is -0.545. The Morgan fingerprint density at radius 3 is 2.87 bits per heavy atom. The Morgan fingerprint density at radius 2 is 2.33 bits per heavy atom. The third-order valence-electron chi connectivity index (χ3n) is 3.07. The summed E-state index contributed by atoms with van der Waals surface area (Å²) in [5, 5.41) is 8.68. The number of amides is 1. The number of ether oxygens (including phenoxy) is 1. The molecule has 84 valence electrons. The first-order valence-electron chi connectivity index (χ1n) is 5.31. The highest BCUT2D eigenvalue weighted by molar-refractivity contribution is 5.80. The number of carbonyl (C=O) groups excluding carboxylic acids is 1. The van der Waals surface area contributed by atoms with E-state index >= 15 is 0 Å². The summed E-state index contributed by atoms with van der Waals surface area (Å²) in [6, 6.07) is 1.97. The van der Waals surface area contributed by atoms with Crippen molar-refractivity contribution in [2.75, 3.05) is 20.2 Å². The predicted molar refractivity (Wildman–Crippen MR) is 55.9 cm³/mol. The molecule has 1 saturated heterocycles. The van der Waals surface area contributed by atoms with Gasteiger partial charge < -0.3 is 9.64 Å². The Morgan fingerprint density at radius 1 is 1.67 bits per heavy atom. The third-order valence-corrected chi connectivity index (χ3v) is 3.07. The van der Waals surface area contributed by atoms with Crippen LogP contribution in [0, 0.1) is 23.2 Å². The van der Waals surface area contributed by atoms with Gasteiger partial charge in [0.15, 0.2) is 0 Å². The quantitative estimate of drug-likeness (QED) is 0.684. The standard InChI is InChI=1S/C11H18N2O2/c1-8-4-5-13(7-10(8)15-3)11(14)9(2)6-12/h8-10H,4-5,7H2,1-3H3. The van der Waals surface area contributed by atoms with Crippen LogP contribution in [0.15, 0.2) is 0 Å². The number of piperidine rings is 1. The van der Waals surface area contributed by atoms with Gasteiger partial charge in [0, 0.05) is 20.2 Å². The summed E-state index contributed by atoms with van der Waals surface area (Å²) < 4.78 is 5.32. The second-order valence-corrected chi connectivity index (χ2v) is 4.18. The first kappa shape index (κ1) is 12.0. The van der Waals surface area contributed by atoms with E-state index in [1.165, 1.54) is 0 Å². The zero-order valence-corrected chi connectivity index (χ0v) is 9.56. The van der Waals surface area contributed by atoms with Crippen molar-refractivity contribution in [2.45, 2.75) is 26.4 Å². The van der Waals surface area contributed by atoms with Crippen LogP contribution in [-0.4, -0.2) is 37.1 Å². The summed E-state index contributed by atoms with van der Waals surface area (Å²) in [6.07, 6.45) is 1.05. The average Bonchev–Trinajstić information content (AvgIpc) is 2.27. The molecule has 1 aliphatic heterocycles. The van der Waals surface area contributed by atoms with Crippen LogP contribution >= 0.6 is 0 Å². The normalized spacial score (nSPS) is 28.3. The Bertz CT molecular complexity index is 272. The SMILES string of the molecule is COC1CN(C(=O)C(C)C#N)CCC1C. The van der Waals surface area contributed by atoms with Crippen LogP contribution in [0.25, 0.3) is 0 Å². The molecule has 0 N–H and O–H groups in total. The van der Waals surface area contributed by atoms with Gasteiger partial charge >= 0.3 is 0 Å². The molecule has 0 aromatic rings. The molecule has 0 radical (unpaired) electrons. The zero-order valence-electron chi connectivity index (χ0n) is 9.56. The first-order valence-corrected chi connectivity index (χ1v) is 5.31. The molecule has 0 spiro atoms. The van der Waals surface area contributed by atoms with E-state index in [1.54, 1.807) is 18.9 Å². The van der Waals surface area contributed by atoms with E-state index in [4.69, 9.17) is 10.00 Å². The number of methoxy groups -OCH3 is 1. The smallest absolute Gasteiger partial charge is 0.239 e. The lowest BCUT2D eigenvalue weighted by molar-refractivity contribution is -0.138. The topological polar surface area (TPSA) is 53.3 Å². The van der Waals surface area contributed by atoms with Crippen LogP contribution in [0.2, 0.25) is 0 Å². The van der Waals surface area contributed by atoms with Crippen molar-refractivity contribution in [3.8, 4) is 6.07 Å². The van der Waals surface area contributed by atoms with Gasteiger partial charge in [-0.05, 0) is 19.3 Å². The lowest BCUT2D eigenvalue weighted by Gasteiger charge is -2.36. The molecule has 3 unspecified atom stereocenters. The highest BCUT2D eigenvalue weighted by Gasteiger charge is 2.30. The van der Waals surface area contributed by atoms with Crippen molar-refractivity contribution >= 4 is 5.91 Å². The number of hydrogen-bond acceptors (Lipinski definition) is 3. The Kier molecular flexibility index (Phi) is 4.10. The summed E-state index contributed by atoms with van der Waals surface area (Å²) in [7, 11) is 1.67. The molecular formula is C11H18N2O2. The monoisotopic (exact) mass is 210 g/mol. The van der Waals surface area contributed by atoms with E-state index in [-0.39, 0.29) is 12.0 Å². The molecule has 0 bridgehead atoms. The van der Waals surface area contributed by atoms with E-state index < -0.39 is 5.92 Å². The summed E-state index contributed by atoms with van der Waals surface area (Å²) in [5.74, 6) is -0.140. The first-order chi connectivity index (χ1) is 7.10. The van der Waals surface area contributed by atoms with Crippen molar-refractivity contribution in [3.05, 3.63) is 0 Å². The van der Waals surface area contributed by atoms with E-state index in [9.17, 15) is 4.79 Å². The van der Waals surface area contributed by atoms with Gasteiger partial charge in [-0.25, -0.2) is 0 Å². The molecule has 4 nitrogen and oxygen atoms in total. The fourth-order valence-corrected chi connectivity index (χ4v) is 1.87. The van der Waals surface area contributed by atoms with Crippen molar-refractivity contribution < 1.29 is 9.53 Å². The molecule has 0 saturated carbocycles. The Labute approximate surface area is 90.8 Å². The van der Waals surface area contributed by atoms with Crippen LogP contribution < -0.4 is 0 Å². The average molecular weight is 210 g/mol. The van der Waals surface area contributed by atoms with Crippen LogP contribution in [0.3, 0.4) is 0 Å². The summed E-state index contributed by atoms with van der Waals surface area (Å²) in [5.41, 5.74) is 0. The van der Waals surface area contributed by atoms with E-state index in [0.29, 0.717) is 12.5 Å². The maximum absolute atomic E-state index is 11.7. The maximum Gasteiger partial charge on any atom is 0.239 e. The van der Waals surface area contributed by atoms with Crippen LogP contribution in [-0.2, 0) is 9.53 Å². The summed E-state index contributed by atoms with van der Waals surface area (Å²) in [6.45, 7) is 5.13. The van der Waals surface area contributed by atoms with Gasteiger partial charge in [-0.2, -0.15) is 5.26 Å². The Balaban J connectivity index is 2.59. The fraction of sp³-hybridized carbons (Fsp3) is 0.818. The number of rotatable bonds is 2. The molecule has 4 heteroatoms. The summed E-state index contributed by atoms with van der Waals surface area (Å²) in [4.78, 5) is 13.5. The van der Waals surface area contributed by atoms with Gasteiger partial charge in [-0.3, -0.25) is 4.79 Å². The van der Waals surface area contributed by atoms with E-state index in [0.717, 1.165) is 13.0 Å². The van der Waals surface area contributed by atoms with Gasteiger partial charge in [-0.15, -0.1) is 0 Å². The minimum absolute atomic E-state index is 0.0774. The van der Waals surface area contributed by atoms with Gasteiger partial charge in [0.2, 0.25) is 5.91 Å². The van der Waals surface area contributed by atoms with Gasteiger partial charge in [0.05, 0.1) is 12.2 Å². The zero-order chi connectivity index (χ0) is 11.4. The van der Waals surface area contributed by atoms with Crippen LogP contribution in [0.1, 0.15) is 20.3 Å². The molecule has 15 heavy (non-hydrogen) atoms. The van der Waals surface area contributed by atoms with E-state index in [2.05, 4.69) is 6.92 Å². The number of nitriles is 1. The molecule has 0 aromatic heterocycles. The molecule has 0 aliphatic carbocycles. The molecule has 0 aromatic carbocycles. The highest BCUT2D eigenvalue weighted by Crippen LogP contribution is 2.20. The minimum Gasteiger partial charge on any atom is -0.379 e. The fourth-order valence-electron chi connectivity index (χ4n) is 1.87. The van der Waals surface area contributed by atoms with E-state index in [1.807, 2.05) is 6.07 Å². The molecule has 1 fully saturated rings. The van der Waals surface area contributed by atoms with Crippen molar-refractivity contribution in [2.24, 2.45) is 11.8 Å². The molecule has 1 aliphatic rings. The molecule has 1 amide bonds. The van der Waals surface area contributed by atoms with Crippen LogP contribution in [0.5, 0.6) is 0 Å². The van der Waals surface area contributed by atoms with Crippen molar-refractivity contribution in [1.29, 1.82) is 5.26 Å². The second-order valence-electron chi connectivity index (χ2n) is 4.18. The lowest BCUT2D eigenvalue weighted by Crippen LogP contribution is -2.48. The lowest BCUT2D eigenvalue weighted by atomic mass is 9.95. The third kappa shape index (κ3) is 2.69. The number of hydrogen-bond donors (Lipinski definition) is 0. The van der Waals surface area contributed by atoms with Crippen molar-refractivity contribution in [1.82, 2.24) is 4.90 Å². The number of nitrogens with zero attached hydrogens (tertiary/aromatic N) is 2. The number of likely N-dealkylation sites (tertiary alicyclic amines) is 1. The molecular weight excluding hydrogens is 192 g/mol. The van der Waals surface area contributed by atoms with Gasteiger partial charge in [0.25, 0.3) is 0 Å². The predicted octanol–water partition coefficient (Wildman–Crippen LogP) is 1.03. The Hall–Kier alpha value is -1.08. The highest BCUT2D eigenvalue weighted by atomic mass is 16.5. The van der Waals surface area contributed by atoms with Gasteiger partial charge in [0.1, 0.15) is 5.92 Å². The largest absolute Gasteiger partial charge is 0.379 e. The maximum atomic E-state index is 11.7.